The van der Waals surface area contributed by atoms with Crippen LogP contribution in [0.1, 0.15) is 40.2 Å². The second-order valence-corrected chi connectivity index (χ2v) is 7.26. The highest BCUT2D eigenvalue weighted by atomic mass is 16.1. The predicted molar refractivity (Wildman–Crippen MR) is 105 cm³/mol. The second-order valence-electron chi connectivity index (χ2n) is 7.26. The van der Waals surface area contributed by atoms with Gasteiger partial charge in [0.05, 0.1) is 5.56 Å². The Labute approximate surface area is 153 Å². The van der Waals surface area contributed by atoms with Crippen LogP contribution in [0, 0.1) is 5.92 Å². The molecule has 2 aliphatic rings. The van der Waals surface area contributed by atoms with Crippen molar-refractivity contribution in [1.29, 1.82) is 0 Å². The number of allylic oxidation sites excluding steroid dienone is 1. The number of fused-ring (bicyclic) bond motifs is 1. The Morgan fingerprint density at radius 1 is 1.19 bits per heavy atom. The maximum atomic E-state index is 11.6. The number of piperidine rings is 1. The molecule has 1 fully saturated rings. The molecule has 4 rings (SSSR count). The molecule has 3 nitrogen and oxygen atoms in total. The summed E-state index contributed by atoms with van der Waals surface area (Å²) >= 11 is 0. The van der Waals surface area contributed by atoms with Gasteiger partial charge in [0.1, 0.15) is 0 Å². The Bertz CT molecular complexity index is 962. The van der Waals surface area contributed by atoms with Crippen molar-refractivity contribution in [3.63, 3.8) is 0 Å². The van der Waals surface area contributed by atoms with Gasteiger partial charge in [0.25, 0.3) is 0 Å². The van der Waals surface area contributed by atoms with Crippen LogP contribution in [0.25, 0.3) is 11.8 Å². The number of carbonyl (C=O) groups excluding carboxylic acids is 1. The molecule has 0 spiro atoms. The first-order valence-corrected chi connectivity index (χ1v) is 9.38. The highest BCUT2D eigenvalue weighted by Crippen LogP contribution is 2.24. The van der Waals surface area contributed by atoms with Gasteiger partial charge >= 0.3 is 0 Å². The van der Waals surface area contributed by atoms with Crippen LogP contribution in [0.15, 0.2) is 48.5 Å². The van der Waals surface area contributed by atoms with E-state index in [4.69, 9.17) is 5.73 Å². The van der Waals surface area contributed by atoms with Gasteiger partial charge in [-0.15, -0.1) is 5.73 Å². The average Bonchev–Trinajstić information content (AvgIpc) is 2.68. The third-order valence-electron chi connectivity index (χ3n) is 5.42. The van der Waals surface area contributed by atoms with E-state index in [0.29, 0.717) is 11.5 Å². The van der Waals surface area contributed by atoms with Crippen molar-refractivity contribution in [2.75, 3.05) is 13.1 Å². The zero-order valence-electron chi connectivity index (χ0n) is 14.9. The third-order valence-corrected chi connectivity index (χ3v) is 5.42. The molecule has 2 atom stereocenters. The summed E-state index contributed by atoms with van der Waals surface area (Å²) in [5, 5.41) is 5.34. The fraction of sp³-hybridized carbons (Fsp3) is 0.304. The second kappa shape index (κ2) is 7.33. The lowest BCUT2D eigenvalue weighted by Crippen LogP contribution is -2.34. The highest BCUT2D eigenvalue weighted by molar-refractivity contribution is 5.93. The van der Waals surface area contributed by atoms with Crippen molar-refractivity contribution >= 4 is 17.7 Å². The molecular weight excluding hydrogens is 320 g/mol. The van der Waals surface area contributed by atoms with Gasteiger partial charge in [-0.1, -0.05) is 42.5 Å². The number of hydrogen-bond acceptors (Lipinski definition) is 2. The smallest absolute Gasteiger partial charge is 0.249 e. The number of nitrogens with one attached hydrogen (secondary N) is 1. The molecular formula is C23H24N2O. The van der Waals surface area contributed by atoms with Gasteiger partial charge in [0.15, 0.2) is 0 Å². The number of amides is 1. The Kier molecular flexibility index (Phi) is 4.75. The zero-order chi connectivity index (χ0) is 17.9. The van der Waals surface area contributed by atoms with Gasteiger partial charge in [-0.3, -0.25) is 4.79 Å². The predicted octanol–water partition coefficient (Wildman–Crippen LogP) is 1.84. The van der Waals surface area contributed by atoms with E-state index in [0.717, 1.165) is 29.9 Å². The molecule has 0 bridgehead atoms. The topological polar surface area (TPSA) is 55.1 Å². The summed E-state index contributed by atoms with van der Waals surface area (Å²) in [5.74, 6) is 0.529. The van der Waals surface area contributed by atoms with Gasteiger partial charge in [-0.25, -0.2) is 0 Å². The molecule has 0 radical (unpaired) electrons. The molecule has 1 aliphatic heterocycles. The van der Waals surface area contributed by atoms with Gasteiger partial charge in [-0.05, 0) is 60.2 Å². The molecule has 1 amide bonds. The molecule has 1 heterocycles. The number of benzene rings is 2. The highest BCUT2D eigenvalue weighted by Gasteiger charge is 2.15. The summed E-state index contributed by atoms with van der Waals surface area (Å²) in [6, 6.07) is 14.7. The number of nitrogens with two attached hydrogens (primary N) is 1. The van der Waals surface area contributed by atoms with Gasteiger partial charge in [-0.2, -0.15) is 0 Å². The zero-order valence-corrected chi connectivity index (χ0v) is 14.9. The minimum Gasteiger partial charge on any atom is -0.366 e. The van der Waals surface area contributed by atoms with E-state index in [1.165, 1.54) is 24.0 Å². The normalized spacial score (nSPS) is 21.4. The lowest BCUT2D eigenvalue weighted by molar-refractivity contribution is 0.0999. The molecule has 1 unspecified atom stereocenters. The largest absolute Gasteiger partial charge is 0.366 e. The first kappa shape index (κ1) is 16.8. The first-order chi connectivity index (χ1) is 12.7. The maximum Gasteiger partial charge on any atom is 0.249 e. The van der Waals surface area contributed by atoms with E-state index in [-0.39, 0.29) is 5.92 Å². The first-order valence-electron chi connectivity index (χ1n) is 9.38. The summed E-state index contributed by atoms with van der Waals surface area (Å²) in [4.78, 5) is 11.6. The number of hydrogen-bond donors (Lipinski definition) is 2. The van der Waals surface area contributed by atoms with E-state index < -0.39 is 5.91 Å². The average molecular weight is 344 g/mol. The quantitative estimate of drug-likeness (QED) is 0.889. The molecule has 3 heteroatoms. The summed E-state index contributed by atoms with van der Waals surface area (Å²) in [6.45, 7) is 2.24. The summed E-state index contributed by atoms with van der Waals surface area (Å²) in [7, 11) is 0. The molecule has 2 aromatic carbocycles. The van der Waals surface area contributed by atoms with Crippen LogP contribution in [-0.2, 0) is 6.42 Å². The summed E-state index contributed by atoms with van der Waals surface area (Å²) in [5.41, 5.74) is 12.0. The lowest BCUT2D eigenvalue weighted by atomic mass is 9.89. The summed E-state index contributed by atoms with van der Waals surface area (Å²) < 4.78 is 0. The maximum absolute atomic E-state index is 11.6. The SMILES string of the molecule is NC(=O)c1cccc2c1=C=CC(Cc1ccc([C@@H]3CCCNC3)cc1)C=2. The molecule has 1 aliphatic carbocycles. The van der Waals surface area contributed by atoms with Crippen LogP contribution < -0.4 is 21.5 Å². The van der Waals surface area contributed by atoms with Crippen LogP contribution >= 0.6 is 0 Å². The fourth-order valence-electron chi connectivity index (χ4n) is 4.00. The molecule has 26 heavy (non-hydrogen) atoms. The molecule has 1 saturated heterocycles. The standard InChI is InChI=1S/C23H24N2O/c24-23(26)22-5-1-3-19-14-17(8-11-21(19)22)13-16-6-9-18(10-7-16)20-4-2-12-25-15-20/h1,3,5-10,14,17,20,25H,2,4,12-13,15H2,(H2,24,26)/t17?,20-/m1/s1. The fourth-order valence-corrected chi connectivity index (χ4v) is 4.00. The minimum absolute atomic E-state index is 0.285. The van der Waals surface area contributed by atoms with Crippen LogP contribution in [0.4, 0.5) is 0 Å². The number of rotatable bonds is 4. The number of carbonyl (C=O) groups is 1. The Morgan fingerprint density at radius 3 is 2.77 bits per heavy atom. The van der Waals surface area contributed by atoms with Crippen LogP contribution in [0.3, 0.4) is 0 Å². The van der Waals surface area contributed by atoms with E-state index in [2.05, 4.69) is 41.4 Å². The van der Waals surface area contributed by atoms with E-state index in [1.54, 1.807) is 6.07 Å². The van der Waals surface area contributed by atoms with Crippen LogP contribution in [0.5, 0.6) is 0 Å². The van der Waals surface area contributed by atoms with Crippen molar-refractivity contribution in [1.82, 2.24) is 5.32 Å². The molecule has 0 aromatic heterocycles. The third kappa shape index (κ3) is 3.50. The molecule has 3 N–H and O–H groups in total. The Morgan fingerprint density at radius 2 is 2.04 bits per heavy atom. The van der Waals surface area contributed by atoms with E-state index in [1.807, 2.05) is 18.2 Å². The van der Waals surface area contributed by atoms with E-state index >= 15 is 0 Å². The van der Waals surface area contributed by atoms with E-state index in [9.17, 15) is 4.79 Å². The van der Waals surface area contributed by atoms with Crippen molar-refractivity contribution in [3.05, 3.63) is 75.7 Å². The summed E-state index contributed by atoms with van der Waals surface area (Å²) in [6.07, 6.45) is 7.73. The molecule has 2 aromatic rings. The van der Waals surface area contributed by atoms with Crippen LogP contribution in [-0.4, -0.2) is 19.0 Å². The van der Waals surface area contributed by atoms with Crippen molar-refractivity contribution in [2.45, 2.75) is 25.2 Å². The van der Waals surface area contributed by atoms with Crippen molar-refractivity contribution in [2.24, 2.45) is 11.7 Å². The van der Waals surface area contributed by atoms with Gasteiger partial charge in [0, 0.05) is 17.7 Å². The Hall–Kier alpha value is -2.61. The van der Waals surface area contributed by atoms with Gasteiger partial charge < -0.3 is 11.1 Å². The van der Waals surface area contributed by atoms with Crippen molar-refractivity contribution in [3.8, 4) is 0 Å². The number of primary amides is 1. The lowest BCUT2D eigenvalue weighted by Gasteiger charge is -2.23. The van der Waals surface area contributed by atoms with Gasteiger partial charge in [0.2, 0.25) is 5.91 Å². The molecule has 0 saturated carbocycles. The van der Waals surface area contributed by atoms with Crippen molar-refractivity contribution < 1.29 is 4.79 Å². The minimum atomic E-state index is -0.401. The monoisotopic (exact) mass is 344 g/mol. The molecule has 132 valence electrons. The van der Waals surface area contributed by atoms with Crippen LogP contribution in [0.2, 0.25) is 0 Å². The Balaban J connectivity index is 1.52.